The molecular weight excluding hydrogens is 670 g/mol. The van der Waals surface area contributed by atoms with E-state index in [2.05, 4.69) is 77.7 Å². The van der Waals surface area contributed by atoms with E-state index in [0.717, 1.165) is 96.1 Å². The summed E-state index contributed by atoms with van der Waals surface area (Å²) in [4.78, 5) is 59.7. The predicted molar refractivity (Wildman–Crippen MR) is 201 cm³/mol. The number of rotatable bonds is 7. The van der Waals surface area contributed by atoms with Crippen LogP contribution in [0.1, 0.15) is 95.1 Å². The van der Waals surface area contributed by atoms with Gasteiger partial charge in [0.15, 0.2) is 0 Å². The van der Waals surface area contributed by atoms with Crippen molar-refractivity contribution >= 4 is 17.9 Å². The number of ether oxygens (including phenoxy) is 2. The Hall–Kier alpha value is -4.97. The van der Waals surface area contributed by atoms with Crippen LogP contribution in [-0.4, -0.2) is 80.5 Å². The number of nitrogens with zero attached hydrogens (tertiary/aromatic N) is 4. The Labute approximate surface area is 311 Å². The number of H-pyrrole nitrogens is 2. The number of imidazole rings is 2. The van der Waals surface area contributed by atoms with Crippen molar-refractivity contribution in [1.82, 2.24) is 35.1 Å². The molecule has 3 amide bonds. The van der Waals surface area contributed by atoms with Crippen LogP contribution in [0.15, 0.2) is 54.7 Å². The maximum absolute atomic E-state index is 13.7. The van der Waals surface area contributed by atoms with Crippen LogP contribution in [0.4, 0.5) is 4.79 Å². The van der Waals surface area contributed by atoms with Crippen LogP contribution in [-0.2, 0) is 25.7 Å². The summed E-state index contributed by atoms with van der Waals surface area (Å²) in [7, 11) is 1.31. The molecule has 4 atom stereocenters. The highest BCUT2D eigenvalue weighted by molar-refractivity contribution is 5.86. The summed E-state index contributed by atoms with van der Waals surface area (Å²) in [5.41, 5.74) is 6.71. The van der Waals surface area contributed by atoms with E-state index in [1.165, 1.54) is 7.11 Å². The van der Waals surface area contributed by atoms with E-state index in [0.29, 0.717) is 32.1 Å². The van der Waals surface area contributed by atoms with Crippen molar-refractivity contribution in [3.05, 3.63) is 72.1 Å². The molecule has 280 valence electrons. The van der Waals surface area contributed by atoms with Crippen LogP contribution >= 0.6 is 0 Å². The lowest BCUT2D eigenvalue weighted by atomic mass is 9.96. The molecule has 3 N–H and O–H groups in total. The third kappa shape index (κ3) is 7.74. The van der Waals surface area contributed by atoms with Crippen molar-refractivity contribution in [2.24, 2.45) is 11.8 Å². The van der Waals surface area contributed by atoms with Gasteiger partial charge in [-0.05, 0) is 62.0 Å². The second kappa shape index (κ2) is 16.0. The number of fused-ring (bicyclic) bond motifs is 4. The van der Waals surface area contributed by atoms with Gasteiger partial charge < -0.3 is 34.6 Å². The standard InChI is InChI=1S/C41H51N7O5/c1-25(2)26(3)39(49)47-20-7-10-34(47)37-42-23-32(43-37)29-16-12-27(13-17-29)28-14-18-30(19-15-28)36-33-24-53-22-6-5-9-31(45-41(51)52-4)40(50)48-21-8-11-35(48)38(44-33)46-36/h12-19,23,25-26,31,34-35H,5-11,20-22,24H2,1-4H3,(H,42,43)(H,44,46)(H,45,51)/t26-,31-,34-,35-/m0/s1. The van der Waals surface area contributed by atoms with E-state index < -0.39 is 12.1 Å². The van der Waals surface area contributed by atoms with Gasteiger partial charge in [-0.3, -0.25) is 9.59 Å². The first kappa shape index (κ1) is 36.4. The molecule has 3 aliphatic rings. The summed E-state index contributed by atoms with van der Waals surface area (Å²) in [6.07, 6.45) is 6.91. The molecular formula is C41H51N7O5. The Kier molecular flexibility index (Phi) is 11.0. The van der Waals surface area contributed by atoms with E-state index in [-0.39, 0.29) is 29.8 Å². The number of aromatic nitrogens is 4. The molecule has 4 aromatic rings. The molecule has 2 fully saturated rings. The summed E-state index contributed by atoms with van der Waals surface area (Å²) >= 11 is 0. The smallest absolute Gasteiger partial charge is 0.407 e. The van der Waals surface area contributed by atoms with E-state index >= 15 is 0 Å². The molecule has 0 saturated carbocycles. The van der Waals surface area contributed by atoms with Crippen LogP contribution in [0.25, 0.3) is 33.6 Å². The van der Waals surface area contributed by atoms with Crippen LogP contribution in [0.5, 0.6) is 0 Å². The van der Waals surface area contributed by atoms with Crippen LogP contribution in [0.2, 0.25) is 0 Å². The van der Waals surface area contributed by atoms with Crippen LogP contribution in [0, 0.1) is 11.8 Å². The predicted octanol–water partition coefficient (Wildman–Crippen LogP) is 7.18. The number of alkyl carbamates (subject to hydrolysis) is 1. The quantitative estimate of drug-likeness (QED) is 0.183. The van der Waals surface area contributed by atoms with Gasteiger partial charge in [0.1, 0.15) is 17.7 Å². The number of aromatic amines is 2. The second-order valence-electron chi connectivity index (χ2n) is 14.9. The Morgan fingerprint density at radius 3 is 2.25 bits per heavy atom. The van der Waals surface area contributed by atoms with Gasteiger partial charge in [-0.15, -0.1) is 0 Å². The lowest BCUT2D eigenvalue weighted by Gasteiger charge is -2.28. The third-order valence-electron chi connectivity index (χ3n) is 11.2. The lowest BCUT2D eigenvalue weighted by Crippen LogP contribution is -2.48. The van der Waals surface area contributed by atoms with Crippen LogP contribution in [0.3, 0.4) is 0 Å². The average Bonchev–Trinajstić information content (AvgIpc) is 4.01. The fraction of sp³-hybridized carbons (Fsp3) is 0.488. The monoisotopic (exact) mass is 721 g/mol. The highest BCUT2D eigenvalue weighted by Crippen LogP contribution is 2.36. The van der Waals surface area contributed by atoms with Crippen molar-refractivity contribution in [3.63, 3.8) is 0 Å². The first-order valence-corrected chi connectivity index (χ1v) is 19.1. The second-order valence-corrected chi connectivity index (χ2v) is 14.9. The average molecular weight is 722 g/mol. The van der Waals surface area contributed by atoms with Gasteiger partial charge >= 0.3 is 6.09 Å². The van der Waals surface area contributed by atoms with E-state index in [4.69, 9.17) is 19.4 Å². The van der Waals surface area contributed by atoms with Crippen molar-refractivity contribution in [1.29, 1.82) is 0 Å². The number of hydrogen-bond acceptors (Lipinski definition) is 7. The molecule has 12 nitrogen and oxygen atoms in total. The molecule has 0 aliphatic carbocycles. The topological polar surface area (TPSA) is 146 Å². The zero-order chi connectivity index (χ0) is 37.1. The lowest BCUT2D eigenvalue weighted by molar-refractivity contribution is -0.137. The summed E-state index contributed by atoms with van der Waals surface area (Å²) in [5.74, 6) is 1.97. The molecule has 5 heterocycles. The van der Waals surface area contributed by atoms with Gasteiger partial charge in [-0.2, -0.15) is 0 Å². The zero-order valence-electron chi connectivity index (χ0n) is 31.2. The number of carbonyl (C=O) groups is 3. The van der Waals surface area contributed by atoms with Gasteiger partial charge in [0.25, 0.3) is 0 Å². The van der Waals surface area contributed by atoms with E-state index in [9.17, 15) is 14.4 Å². The molecule has 2 aromatic carbocycles. The number of nitrogens with one attached hydrogen (secondary N) is 3. The molecule has 7 rings (SSSR count). The number of amides is 3. The minimum absolute atomic E-state index is 0.0129. The normalized spacial score (nSPS) is 21.5. The highest BCUT2D eigenvalue weighted by atomic mass is 16.5. The SMILES string of the molecule is COC(=O)N[C@H]1CCCCOCc2[nH]c(nc2-c2ccc(-c3ccc(-c4c[nH]c([C@@H]5CCCN5C(=O)[C@@H](C)C(C)C)n4)cc3)cc2)[C@@H]2CCCN2C1=O. The molecule has 2 bridgehead atoms. The maximum Gasteiger partial charge on any atom is 0.407 e. The molecule has 53 heavy (non-hydrogen) atoms. The van der Waals surface area contributed by atoms with Gasteiger partial charge in [0.2, 0.25) is 11.8 Å². The number of methoxy groups -OCH3 is 1. The van der Waals surface area contributed by atoms with Crippen molar-refractivity contribution in [2.75, 3.05) is 26.8 Å². The summed E-state index contributed by atoms with van der Waals surface area (Å²) < 4.78 is 10.9. The number of likely N-dealkylation sites (tertiary alicyclic amines) is 1. The van der Waals surface area contributed by atoms with Gasteiger partial charge in [-0.1, -0.05) is 69.3 Å². The molecule has 2 saturated heterocycles. The first-order valence-electron chi connectivity index (χ1n) is 19.1. The third-order valence-corrected chi connectivity index (χ3v) is 11.2. The van der Waals surface area contributed by atoms with E-state index in [1.54, 1.807) is 0 Å². The van der Waals surface area contributed by atoms with Crippen LogP contribution < -0.4 is 5.32 Å². The highest BCUT2D eigenvalue weighted by Gasteiger charge is 2.37. The fourth-order valence-corrected chi connectivity index (χ4v) is 7.80. The number of carbonyl (C=O) groups excluding carboxylic acids is 3. The molecule has 2 aromatic heterocycles. The summed E-state index contributed by atoms with van der Waals surface area (Å²) in [5, 5.41) is 2.75. The van der Waals surface area contributed by atoms with Crippen molar-refractivity contribution in [2.45, 2.75) is 90.4 Å². The van der Waals surface area contributed by atoms with Gasteiger partial charge in [-0.25, -0.2) is 14.8 Å². The zero-order valence-corrected chi connectivity index (χ0v) is 31.2. The number of benzene rings is 2. The van der Waals surface area contributed by atoms with Crippen molar-refractivity contribution < 1.29 is 23.9 Å². The Bertz CT molecular complexity index is 1900. The molecule has 0 radical (unpaired) electrons. The minimum Gasteiger partial charge on any atom is -0.453 e. The largest absolute Gasteiger partial charge is 0.453 e. The fourth-order valence-electron chi connectivity index (χ4n) is 7.80. The molecule has 12 heteroatoms. The van der Waals surface area contributed by atoms with Gasteiger partial charge in [0, 0.05) is 42.9 Å². The maximum atomic E-state index is 13.7. The Morgan fingerprint density at radius 1 is 0.849 bits per heavy atom. The van der Waals surface area contributed by atoms with Crippen molar-refractivity contribution in [3.8, 4) is 33.6 Å². The van der Waals surface area contributed by atoms with Gasteiger partial charge in [0.05, 0.1) is 42.9 Å². The summed E-state index contributed by atoms with van der Waals surface area (Å²) in [6, 6.07) is 15.9. The Balaban J connectivity index is 1.07. The molecule has 0 unspecified atom stereocenters. The molecule has 3 aliphatic heterocycles. The first-order chi connectivity index (χ1) is 25.7. The minimum atomic E-state index is -0.658. The number of hydrogen-bond donors (Lipinski definition) is 3. The van der Waals surface area contributed by atoms with E-state index in [1.807, 2.05) is 22.9 Å². The summed E-state index contributed by atoms with van der Waals surface area (Å²) in [6.45, 7) is 8.52. The molecule has 0 spiro atoms. The Morgan fingerprint density at radius 2 is 1.53 bits per heavy atom.